The fraction of sp³-hybridized carbons (Fsp3) is 0.611. The predicted molar refractivity (Wildman–Crippen MR) is 94.3 cm³/mol. The van der Waals surface area contributed by atoms with Gasteiger partial charge in [-0.25, -0.2) is 0 Å². The molecule has 0 atom stereocenters. The third-order valence-electron chi connectivity index (χ3n) is 4.34. The molecule has 4 heteroatoms. The maximum Gasteiger partial charge on any atom is 0.191 e. The van der Waals surface area contributed by atoms with Crippen LogP contribution in [0.2, 0.25) is 18.1 Å². The van der Waals surface area contributed by atoms with Gasteiger partial charge in [0.15, 0.2) is 8.32 Å². The van der Waals surface area contributed by atoms with Gasteiger partial charge in [-0.3, -0.25) is 4.79 Å². The molecule has 0 aliphatic heterocycles. The highest BCUT2D eigenvalue weighted by molar-refractivity contribution is 6.74. The first-order chi connectivity index (χ1) is 10.3. The molecule has 0 radical (unpaired) electrons. The Morgan fingerprint density at radius 3 is 2.14 bits per heavy atom. The second-order valence-corrected chi connectivity index (χ2v) is 12.0. The second kappa shape index (κ2) is 8.49. The predicted octanol–water partition coefficient (Wildman–Crippen LogP) is 5.07. The van der Waals surface area contributed by atoms with Crippen LogP contribution in [0.15, 0.2) is 24.3 Å². The van der Waals surface area contributed by atoms with E-state index in [0.717, 1.165) is 37.9 Å². The van der Waals surface area contributed by atoms with Crippen LogP contribution in [-0.2, 0) is 4.43 Å². The van der Waals surface area contributed by atoms with E-state index in [-0.39, 0.29) is 5.04 Å². The Bertz CT molecular complexity index is 446. The van der Waals surface area contributed by atoms with Crippen LogP contribution in [0, 0.1) is 0 Å². The average Bonchev–Trinajstić information content (AvgIpc) is 2.45. The summed E-state index contributed by atoms with van der Waals surface area (Å²) < 4.78 is 11.8. The van der Waals surface area contributed by atoms with E-state index < -0.39 is 8.32 Å². The van der Waals surface area contributed by atoms with E-state index in [1.54, 1.807) is 12.1 Å². The lowest BCUT2D eigenvalue weighted by atomic mass is 10.2. The highest BCUT2D eigenvalue weighted by atomic mass is 28.4. The minimum absolute atomic E-state index is 0.282. The van der Waals surface area contributed by atoms with Crippen molar-refractivity contribution in [3.8, 4) is 5.75 Å². The van der Waals surface area contributed by atoms with Crippen LogP contribution in [0.3, 0.4) is 0 Å². The molecule has 0 aliphatic carbocycles. The number of rotatable bonds is 9. The summed E-state index contributed by atoms with van der Waals surface area (Å²) >= 11 is 0. The summed E-state index contributed by atoms with van der Waals surface area (Å²) in [4.78, 5) is 10.6. The quantitative estimate of drug-likeness (QED) is 0.362. The number of hydrogen-bond acceptors (Lipinski definition) is 3. The van der Waals surface area contributed by atoms with Crippen molar-refractivity contribution in [1.82, 2.24) is 0 Å². The van der Waals surface area contributed by atoms with Crippen LogP contribution in [-0.4, -0.2) is 27.8 Å². The van der Waals surface area contributed by atoms with Crippen molar-refractivity contribution in [2.45, 2.75) is 58.2 Å². The monoisotopic (exact) mass is 322 g/mol. The van der Waals surface area contributed by atoms with Gasteiger partial charge < -0.3 is 9.16 Å². The van der Waals surface area contributed by atoms with Gasteiger partial charge in [0.25, 0.3) is 0 Å². The third kappa shape index (κ3) is 6.32. The summed E-state index contributed by atoms with van der Waals surface area (Å²) in [6.45, 7) is 12.9. The van der Waals surface area contributed by atoms with Crippen molar-refractivity contribution in [2.75, 3.05) is 13.2 Å². The van der Waals surface area contributed by atoms with Crippen LogP contribution in [0.5, 0.6) is 5.75 Å². The summed E-state index contributed by atoms with van der Waals surface area (Å²) in [7, 11) is -1.59. The molecule has 0 bridgehead atoms. The van der Waals surface area contributed by atoms with Crippen molar-refractivity contribution >= 4 is 14.6 Å². The molecule has 0 amide bonds. The first-order valence-electron chi connectivity index (χ1n) is 8.08. The summed E-state index contributed by atoms with van der Waals surface area (Å²) in [5.74, 6) is 0.822. The molecule has 1 aromatic carbocycles. The largest absolute Gasteiger partial charge is 0.494 e. The van der Waals surface area contributed by atoms with E-state index in [2.05, 4.69) is 33.9 Å². The Morgan fingerprint density at radius 2 is 1.59 bits per heavy atom. The summed E-state index contributed by atoms with van der Waals surface area (Å²) in [6, 6.07) is 7.22. The second-order valence-electron chi connectivity index (χ2n) is 7.20. The van der Waals surface area contributed by atoms with Crippen molar-refractivity contribution in [3.05, 3.63) is 29.8 Å². The SMILES string of the molecule is CC(C)(C)[Si](C)(C)OCCCCCOc1ccc(C=O)cc1. The molecule has 0 saturated carbocycles. The minimum atomic E-state index is -1.59. The van der Waals surface area contributed by atoms with Crippen LogP contribution in [0.4, 0.5) is 0 Å². The van der Waals surface area contributed by atoms with Gasteiger partial charge in [-0.05, 0) is 61.7 Å². The number of aldehydes is 1. The fourth-order valence-electron chi connectivity index (χ4n) is 1.76. The average molecular weight is 323 g/mol. The topological polar surface area (TPSA) is 35.5 Å². The van der Waals surface area contributed by atoms with Gasteiger partial charge in [-0.1, -0.05) is 20.8 Å². The molecule has 3 nitrogen and oxygen atoms in total. The van der Waals surface area contributed by atoms with Crippen LogP contribution in [0.25, 0.3) is 0 Å². The number of hydrogen-bond donors (Lipinski definition) is 0. The van der Waals surface area contributed by atoms with Gasteiger partial charge in [-0.15, -0.1) is 0 Å². The Hall–Kier alpha value is -1.13. The van der Waals surface area contributed by atoms with Crippen molar-refractivity contribution < 1.29 is 14.0 Å². The lowest BCUT2D eigenvalue weighted by Gasteiger charge is -2.36. The Kier molecular flexibility index (Phi) is 7.30. The molecule has 0 unspecified atom stereocenters. The molecule has 0 heterocycles. The van der Waals surface area contributed by atoms with Gasteiger partial charge in [0.1, 0.15) is 12.0 Å². The molecule has 0 N–H and O–H groups in total. The normalized spacial score (nSPS) is 12.2. The number of benzene rings is 1. The highest BCUT2D eigenvalue weighted by Crippen LogP contribution is 2.36. The molecule has 124 valence electrons. The van der Waals surface area contributed by atoms with Crippen molar-refractivity contribution in [1.29, 1.82) is 0 Å². The molecule has 0 spiro atoms. The summed E-state index contributed by atoms with van der Waals surface area (Å²) in [6.07, 6.45) is 4.06. The Morgan fingerprint density at radius 1 is 1.00 bits per heavy atom. The standard InChI is InChI=1S/C18H30O3Si/c1-18(2,3)22(4,5)21-14-8-6-7-13-20-17-11-9-16(15-19)10-12-17/h9-12,15H,6-8,13-14H2,1-5H3. The van der Waals surface area contributed by atoms with Crippen molar-refractivity contribution in [2.24, 2.45) is 0 Å². The highest BCUT2D eigenvalue weighted by Gasteiger charge is 2.36. The molecule has 0 saturated heterocycles. The molecule has 1 aromatic rings. The summed E-state index contributed by atoms with van der Waals surface area (Å²) in [5, 5.41) is 0.282. The first-order valence-corrected chi connectivity index (χ1v) is 11.0. The number of carbonyl (C=O) groups is 1. The zero-order chi connectivity index (χ0) is 16.6. The van der Waals surface area contributed by atoms with E-state index in [9.17, 15) is 4.79 Å². The number of ether oxygens (including phenoxy) is 1. The summed E-state index contributed by atoms with van der Waals surface area (Å²) in [5.41, 5.74) is 0.676. The Labute approximate surface area is 136 Å². The lowest BCUT2D eigenvalue weighted by Crippen LogP contribution is -2.40. The van der Waals surface area contributed by atoms with Crippen LogP contribution < -0.4 is 4.74 Å². The molecule has 1 rings (SSSR count). The van der Waals surface area contributed by atoms with Gasteiger partial charge >= 0.3 is 0 Å². The van der Waals surface area contributed by atoms with E-state index in [1.165, 1.54) is 0 Å². The van der Waals surface area contributed by atoms with Crippen molar-refractivity contribution in [3.63, 3.8) is 0 Å². The number of carbonyl (C=O) groups excluding carboxylic acids is 1. The van der Waals surface area contributed by atoms with E-state index >= 15 is 0 Å². The van der Waals surface area contributed by atoms with Crippen LogP contribution >= 0.6 is 0 Å². The van der Waals surface area contributed by atoms with E-state index in [1.807, 2.05) is 12.1 Å². The maximum absolute atomic E-state index is 10.6. The Balaban J connectivity index is 2.12. The molecule has 22 heavy (non-hydrogen) atoms. The fourth-order valence-corrected chi connectivity index (χ4v) is 2.85. The van der Waals surface area contributed by atoms with Crippen LogP contribution in [0.1, 0.15) is 50.4 Å². The minimum Gasteiger partial charge on any atom is -0.494 e. The smallest absolute Gasteiger partial charge is 0.191 e. The zero-order valence-electron chi connectivity index (χ0n) is 14.6. The lowest BCUT2D eigenvalue weighted by molar-refractivity contribution is 0.112. The molecule has 0 aromatic heterocycles. The van der Waals surface area contributed by atoms with Gasteiger partial charge in [-0.2, -0.15) is 0 Å². The molecule has 0 aliphatic rings. The number of unbranched alkanes of at least 4 members (excludes halogenated alkanes) is 2. The molecule has 0 fully saturated rings. The maximum atomic E-state index is 10.6. The van der Waals surface area contributed by atoms with E-state index in [0.29, 0.717) is 12.2 Å². The molecular weight excluding hydrogens is 292 g/mol. The van der Waals surface area contributed by atoms with Gasteiger partial charge in [0.2, 0.25) is 0 Å². The first kappa shape index (κ1) is 18.9. The van der Waals surface area contributed by atoms with Gasteiger partial charge in [0.05, 0.1) is 6.61 Å². The molecular formula is C18H30O3Si. The zero-order valence-corrected chi connectivity index (χ0v) is 15.6. The third-order valence-corrected chi connectivity index (χ3v) is 8.88. The van der Waals surface area contributed by atoms with E-state index in [4.69, 9.17) is 9.16 Å². The van der Waals surface area contributed by atoms with Gasteiger partial charge in [0, 0.05) is 12.2 Å².